The topological polar surface area (TPSA) is 60.7 Å². The maximum atomic E-state index is 9.77. The molecule has 0 radical (unpaired) electrons. The molecule has 0 fully saturated rings. The normalized spacial score (nSPS) is 15.9. The molecular weight excluding hydrogens is 204 g/mol. The van der Waals surface area contributed by atoms with E-state index in [-0.39, 0.29) is 5.41 Å². The van der Waals surface area contributed by atoms with Crippen LogP contribution < -0.4 is 0 Å². The zero-order valence-corrected chi connectivity index (χ0v) is 10.0. The van der Waals surface area contributed by atoms with Crippen LogP contribution in [0.5, 0.6) is 0 Å². The molecule has 0 aliphatic carbocycles. The number of hydrogen-bond donors (Lipinski definition) is 3. The molecule has 3 heteroatoms. The van der Waals surface area contributed by atoms with Crippen LogP contribution in [0.25, 0.3) is 0 Å². The maximum absolute atomic E-state index is 9.77. The van der Waals surface area contributed by atoms with Gasteiger partial charge < -0.3 is 15.3 Å². The molecular formula is C13H20O3. The van der Waals surface area contributed by atoms with Crippen LogP contribution in [0.2, 0.25) is 0 Å². The van der Waals surface area contributed by atoms with Crippen LogP contribution in [0.4, 0.5) is 0 Å². The summed E-state index contributed by atoms with van der Waals surface area (Å²) in [6, 6.07) is 7.45. The predicted molar refractivity (Wildman–Crippen MR) is 63.2 cm³/mol. The van der Waals surface area contributed by atoms with Gasteiger partial charge in [0.15, 0.2) is 0 Å². The molecule has 3 nitrogen and oxygen atoms in total. The van der Waals surface area contributed by atoms with Crippen molar-refractivity contribution in [2.45, 2.75) is 38.4 Å². The van der Waals surface area contributed by atoms with Gasteiger partial charge in [-0.25, -0.2) is 0 Å². The molecule has 0 saturated heterocycles. The average Bonchev–Trinajstić information content (AvgIpc) is 2.26. The van der Waals surface area contributed by atoms with Crippen molar-refractivity contribution in [2.24, 2.45) is 0 Å². The second-order valence-corrected chi connectivity index (χ2v) is 5.07. The van der Waals surface area contributed by atoms with Gasteiger partial charge in [0.1, 0.15) is 12.2 Å². The molecule has 0 saturated carbocycles. The smallest absolute Gasteiger partial charge is 0.107 e. The van der Waals surface area contributed by atoms with Crippen LogP contribution in [0.15, 0.2) is 24.3 Å². The molecule has 0 heterocycles. The largest absolute Gasteiger partial charge is 0.394 e. The highest BCUT2D eigenvalue weighted by Gasteiger charge is 2.20. The molecule has 0 spiro atoms. The number of benzene rings is 1. The first kappa shape index (κ1) is 13.2. The molecule has 1 aromatic carbocycles. The third kappa shape index (κ3) is 3.04. The average molecular weight is 224 g/mol. The third-order valence-electron chi connectivity index (χ3n) is 2.65. The molecule has 0 aromatic heterocycles. The van der Waals surface area contributed by atoms with Crippen molar-refractivity contribution in [3.05, 3.63) is 35.4 Å². The van der Waals surface area contributed by atoms with Crippen molar-refractivity contribution in [1.29, 1.82) is 0 Å². The van der Waals surface area contributed by atoms with E-state index in [2.05, 4.69) is 20.8 Å². The van der Waals surface area contributed by atoms with E-state index in [1.165, 1.54) is 0 Å². The van der Waals surface area contributed by atoms with Crippen molar-refractivity contribution in [1.82, 2.24) is 0 Å². The Balaban J connectivity index is 2.99. The fourth-order valence-electron chi connectivity index (χ4n) is 1.51. The van der Waals surface area contributed by atoms with E-state index in [0.717, 1.165) is 5.56 Å². The Morgan fingerprint density at radius 2 is 1.81 bits per heavy atom. The Morgan fingerprint density at radius 1 is 1.19 bits per heavy atom. The van der Waals surface area contributed by atoms with Gasteiger partial charge >= 0.3 is 0 Å². The fourth-order valence-corrected chi connectivity index (χ4v) is 1.51. The Morgan fingerprint density at radius 3 is 2.31 bits per heavy atom. The molecule has 0 bridgehead atoms. The van der Waals surface area contributed by atoms with Crippen LogP contribution in [0, 0.1) is 0 Å². The monoisotopic (exact) mass is 224 g/mol. The van der Waals surface area contributed by atoms with E-state index in [1.54, 1.807) is 6.07 Å². The Bertz CT molecular complexity index is 341. The second kappa shape index (κ2) is 4.95. The maximum Gasteiger partial charge on any atom is 0.107 e. The third-order valence-corrected chi connectivity index (χ3v) is 2.65. The first-order valence-corrected chi connectivity index (χ1v) is 5.43. The molecule has 1 aromatic rings. The summed E-state index contributed by atoms with van der Waals surface area (Å²) in [5.74, 6) is 0. The molecule has 90 valence electrons. The molecule has 1 rings (SSSR count). The van der Waals surface area contributed by atoms with E-state index < -0.39 is 18.8 Å². The number of aliphatic hydroxyl groups excluding tert-OH is 3. The standard InChI is InChI=1S/C13H20O3/c1-13(2,3)10-6-4-5-9(7-10)12(16)11(15)8-14/h4-7,11-12,14-16H,8H2,1-3H3. The summed E-state index contributed by atoms with van der Waals surface area (Å²) in [5.41, 5.74) is 1.73. The second-order valence-electron chi connectivity index (χ2n) is 5.07. The molecule has 0 amide bonds. The summed E-state index contributed by atoms with van der Waals surface area (Å²) in [4.78, 5) is 0. The van der Waals surface area contributed by atoms with E-state index in [0.29, 0.717) is 5.56 Å². The minimum atomic E-state index is -1.13. The van der Waals surface area contributed by atoms with Crippen molar-refractivity contribution in [3.8, 4) is 0 Å². The van der Waals surface area contributed by atoms with E-state index in [1.807, 2.05) is 18.2 Å². The van der Waals surface area contributed by atoms with Gasteiger partial charge in [0, 0.05) is 0 Å². The predicted octanol–water partition coefficient (Wildman–Crippen LogP) is 1.37. The SMILES string of the molecule is CC(C)(C)c1cccc(C(O)C(O)CO)c1. The van der Waals surface area contributed by atoms with Crippen molar-refractivity contribution < 1.29 is 15.3 Å². The quantitative estimate of drug-likeness (QED) is 0.726. The summed E-state index contributed by atoms with van der Waals surface area (Å²) >= 11 is 0. The Labute approximate surface area is 96.4 Å². The van der Waals surface area contributed by atoms with Crippen LogP contribution in [-0.4, -0.2) is 28.0 Å². The fraction of sp³-hybridized carbons (Fsp3) is 0.538. The van der Waals surface area contributed by atoms with Gasteiger partial charge in [-0.2, -0.15) is 0 Å². The Hall–Kier alpha value is -0.900. The van der Waals surface area contributed by atoms with Gasteiger partial charge in [0.25, 0.3) is 0 Å². The molecule has 16 heavy (non-hydrogen) atoms. The lowest BCUT2D eigenvalue weighted by atomic mass is 9.85. The van der Waals surface area contributed by atoms with Crippen LogP contribution >= 0.6 is 0 Å². The van der Waals surface area contributed by atoms with Gasteiger partial charge in [0.2, 0.25) is 0 Å². The van der Waals surface area contributed by atoms with E-state index in [9.17, 15) is 10.2 Å². The summed E-state index contributed by atoms with van der Waals surface area (Å²) < 4.78 is 0. The Kier molecular flexibility index (Phi) is 4.08. The lowest BCUT2D eigenvalue weighted by molar-refractivity contribution is -0.0153. The lowest BCUT2D eigenvalue weighted by Crippen LogP contribution is -2.22. The van der Waals surface area contributed by atoms with Crippen molar-refractivity contribution in [3.63, 3.8) is 0 Å². The van der Waals surface area contributed by atoms with Gasteiger partial charge in [-0.3, -0.25) is 0 Å². The van der Waals surface area contributed by atoms with Crippen LogP contribution in [0.3, 0.4) is 0 Å². The number of aliphatic hydroxyl groups is 3. The van der Waals surface area contributed by atoms with Gasteiger partial charge in [0.05, 0.1) is 6.61 Å². The zero-order valence-electron chi connectivity index (χ0n) is 10.0. The summed E-state index contributed by atoms with van der Waals surface area (Å²) in [7, 11) is 0. The highest BCUT2D eigenvalue weighted by Crippen LogP contribution is 2.26. The molecule has 0 aliphatic rings. The first-order chi connectivity index (χ1) is 7.36. The molecule has 0 aliphatic heterocycles. The number of hydrogen-bond acceptors (Lipinski definition) is 3. The highest BCUT2D eigenvalue weighted by atomic mass is 16.4. The van der Waals surface area contributed by atoms with E-state index in [4.69, 9.17) is 5.11 Å². The minimum absolute atomic E-state index is 0.000102. The number of rotatable bonds is 3. The summed E-state index contributed by atoms with van der Waals surface area (Å²) in [6.07, 6.45) is -2.16. The molecule has 2 unspecified atom stereocenters. The van der Waals surface area contributed by atoms with Crippen LogP contribution in [0.1, 0.15) is 38.0 Å². The minimum Gasteiger partial charge on any atom is -0.394 e. The highest BCUT2D eigenvalue weighted by molar-refractivity contribution is 5.30. The van der Waals surface area contributed by atoms with Crippen LogP contribution in [-0.2, 0) is 5.41 Å². The lowest BCUT2D eigenvalue weighted by Gasteiger charge is -2.22. The molecule has 3 N–H and O–H groups in total. The van der Waals surface area contributed by atoms with Crippen molar-refractivity contribution in [2.75, 3.05) is 6.61 Å². The molecule has 2 atom stereocenters. The van der Waals surface area contributed by atoms with Gasteiger partial charge in [-0.05, 0) is 16.5 Å². The van der Waals surface area contributed by atoms with Gasteiger partial charge in [-0.1, -0.05) is 45.0 Å². The van der Waals surface area contributed by atoms with Crippen molar-refractivity contribution >= 4 is 0 Å². The van der Waals surface area contributed by atoms with E-state index >= 15 is 0 Å². The summed E-state index contributed by atoms with van der Waals surface area (Å²) in [5, 5.41) is 27.9. The zero-order chi connectivity index (χ0) is 12.3. The first-order valence-electron chi connectivity index (χ1n) is 5.43. The van der Waals surface area contributed by atoms with Gasteiger partial charge in [-0.15, -0.1) is 0 Å². The summed E-state index contributed by atoms with van der Waals surface area (Å²) in [6.45, 7) is 5.81.